The summed E-state index contributed by atoms with van der Waals surface area (Å²) in [5.41, 5.74) is 2.44. The first-order valence-corrected chi connectivity index (χ1v) is 9.84. The summed E-state index contributed by atoms with van der Waals surface area (Å²) in [7, 11) is -2.91. The van der Waals surface area contributed by atoms with E-state index in [9.17, 15) is 8.42 Å². The predicted octanol–water partition coefficient (Wildman–Crippen LogP) is 2.30. The molecule has 1 aliphatic heterocycles. The summed E-state index contributed by atoms with van der Waals surface area (Å²) in [5, 5.41) is 6.53. The van der Waals surface area contributed by atoms with E-state index in [-0.39, 0.29) is 17.5 Å². The number of aryl methyl sites for hydroxylation is 2. The van der Waals surface area contributed by atoms with Crippen molar-refractivity contribution in [2.24, 2.45) is 0 Å². The molecule has 1 unspecified atom stereocenters. The Bertz CT molecular complexity index is 836. The van der Waals surface area contributed by atoms with Gasteiger partial charge in [-0.2, -0.15) is 0 Å². The highest BCUT2D eigenvalue weighted by molar-refractivity contribution is 7.91. The summed E-state index contributed by atoms with van der Waals surface area (Å²) in [4.78, 5) is 8.76. The van der Waals surface area contributed by atoms with Crippen molar-refractivity contribution in [3.8, 4) is 0 Å². The number of benzene rings is 1. The molecule has 24 heavy (non-hydrogen) atoms. The van der Waals surface area contributed by atoms with Gasteiger partial charge in [-0.05, 0) is 31.4 Å². The van der Waals surface area contributed by atoms with E-state index in [1.54, 1.807) is 0 Å². The van der Waals surface area contributed by atoms with Gasteiger partial charge in [0, 0.05) is 18.7 Å². The largest absolute Gasteiger partial charge is 0.366 e. The molecule has 3 rings (SSSR count). The van der Waals surface area contributed by atoms with E-state index >= 15 is 0 Å². The van der Waals surface area contributed by atoms with Gasteiger partial charge in [-0.25, -0.2) is 18.4 Å². The Labute approximate surface area is 142 Å². The molecule has 0 radical (unpaired) electrons. The standard InChI is InChI=1S/C17H22N4O2S/c1-12-5-3-4-6-14(12)10-18-16-9-17(20-13(2)19-16)21-15-7-8-24(22,23)11-15/h3-6,9,15H,7-8,10-11H2,1-2H3,(H2,18,19,20,21). The summed E-state index contributed by atoms with van der Waals surface area (Å²) >= 11 is 0. The quantitative estimate of drug-likeness (QED) is 0.864. The molecule has 7 heteroatoms. The van der Waals surface area contributed by atoms with Crippen molar-refractivity contribution < 1.29 is 8.42 Å². The molecular formula is C17H22N4O2S. The van der Waals surface area contributed by atoms with Crippen molar-refractivity contribution in [3.05, 3.63) is 47.3 Å². The van der Waals surface area contributed by atoms with E-state index in [4.69, 9.17) is 0 Å². The Kier molecular flexibility index (Phi) is 4.71. The molecule has 128 valence electrons. The fraction of sp³-hybridized carbons (Fsp3) is 0.412. The van der Waals surface area contributed by atoms with Crippen LogP contribution in [-0.4, -0.2) is 35.9 Å². The van der Waals surface area contributed by atoms with Gasteiger partial charge in [-0.1, -0.05) is 24.3 Å². The molecule has 0 saturated carbocycles. The van der Waals surface area contributed by atoms with E-state index in [1.807, 2.05) is 25.1 Å². The number of sulfone groups is 1. The lowest BCUT2D eigenvalue weighted by molar-refractivity contribution is 0.602. The van der Waals surface area contributed by atoms with Crippen LogP contribution in [0.15, 0.2) is 30.3 Å². The summed E-state index contributed by atoms with van der Waals surface area (Å²) in [6, 6.07) is 9.95. The van der Waals surface area contributed by atoms with Crippen molar-refractivity contribution in [2.45, 2.75) is 32.9 Å². The van der Waals surface area contributed by atoms with Gasteiger partial charge in [0.15, 0.2) is 9.84 Å². The zero-order valence-corrected chi connectivity index (χ0v) is 14.7. The molecule has 1 fully saturated rings. The summed E-state index contributed by atoms with van der Waals surface area (Å²) in [5.74, 6) is 2.45. The predicted molar refractivity (Wildman–Crippen MR) is 96.0 cm³/mol. The van der Waals surface area contributed by atoms with Gasteiger partial charge < -0.3 is 10.6 Å². The zero-order valence-electron chi connectivity index (χ0n) is 13.9. The van der Waals surface area contributed by atoms with Crippen LogP contribution in [0.5, 0.6) is 0 Å². The van der Waals surface area contributed by atoms with Gasteiger partial charge in [-0.3, -0.25) is 0 Å². The molecule has 2 heterocycles. The lowest BCUT2D eigenvalue weighted by Gasteiger charge is -2.14. The number of nitrogens with one attached hydrogen (secondary N) is 2. The van der Waals surface area contributed by atoms with Crippen LogP contribution in [0.4, 0.5) is 11.6 Å². The molecule has 0 aliphatic carbocycles. The van der Waals surface area contributed by atoms with Gasteiger partial charge in [0.2, 0.25) is 0 Å². The molecule has 1 atom stereocenters. The van der Waals surface area contributed by atoms with Crippen LogP contribution in [0.1, 0.15) is 23.4 Å². The third-order valence-electron chi connectivity index (χ3n) is 4.14. The molecule has 1 aromatic heterocycles. The summed E-state index contributed by atoms with van der Waals surface area (Å²) in [6.45, 7) is 4.59. The molecule has 1 saturated heterocycles. The Morgan fingerprint density at radius 3 is 2.62 bits per heavy atom. The lowest BCUT2D eigenvalue weighted by Crippen LogP contribution is -2.21. The van der Waals surface area contributed by atoms with E-state index in [2.05, 4.69) is 39.7 Å². The first-order valence-electron chi connectivity index (χ1n) is 8.02. The SMILES string of the molecule is Cc1nc(NCc2ccccc2C)cc(NC2CCS(=O)(=O)C2)n1. The first kappa shape index (κ1) is 16.7. The van der Waals surface area contributed by atoms with Gasteiger partial charge in [0.05, 0.1) is 11.5 Å². The Balaban J connectivity index is 1.69. The summed E-state index contributed by atoms with van der Waals surface area (Å²) in [6.07, 6.45) is 0.622. The third-order valence-corrected chi connectivity index (χ3v) is 5.91. The Morgan fingerprint density at radius 1 is 1.17 bits per heavy atom. The van der Waals surface area contributed by atoms with E-state index in [1.165, 1.54) is 11.1 Å². The topological polar surface area (TPSA) is 84.0 Å². The average Bonchev–Trinajstić information content (AvgIpc) is 2.85. The van der Waals surface area contributed by atoms with Gasteiger partial charge in [-0.15, -0.1) is 0 Å². The Hall–Kier alpha value is -2.15. The van der Waals surface area contributed by atoms with Crippen LogP contribution < -0.4 is 10.6 Å². The minimum Gasteiger partial charge on any atom is -0.366 e. The number of nitrogens with zero attached hydrogens (tertiary/aromatic N) is 2. The molecule has 6 nitrogen and oxygen atoms in total. The second-order valence-corrected chi connectivity index (χ2v) is 8.44. The highest BCUT2D eigenvalue weighted by atomic mass is 32.2. The van der Waals surface area contributed by atoms with E-state index < -0.39 is 9.84 Å². The van der Waals surface area contributed by atoms with Crippen LogP contribution in [0.3, 0.4) is 0 Å². The molecule has 2 N–H and O–H groups in total. The molecule has 1 aromatic carbocycles. The van der Waals surface area contributed by atoms with E-state index in [0.29, 0.717) is 24.6 Å². The van der Waals surface area contributed by atoms with E-state index in [0.717, 1.165) is 5.82 Å². The summed E-state index contributed by atoms with van der Waals surface area (Å²) < 4.78 is 23.1. The number of anilines is 2. The maximum absolute atomic E-state index is 11.6. The van der Waals surface area contributed by atoms with Crippen molar-refractivity contribution in [1.29, 1.82) is 0 Å². The minimum absolute atomic E-state index is 0.0754. The van der Waals surface area contributed by atoms with Crippen LogP contribution in [0, 0.1) is 13.8 Å². The first-order chi connectivity index (χ1) is 11.4. The maximum Gasteiger partial charge on any atom is 0.152 e. The van der Waals surface area contributed by atoms with Crippen molar-refractivity contribution >= 4 is 21.5 Å². The monoisotopic (exact) mass is 346 g/mol. The molecule has 2 aromatic rings. The van der Waals surface area contributed by atoms with Crippen molar-refractivity contribution in [1.82, 2.24) is 9.97 Å². The fourth-order valence-corrected chi connectivity index (χ4v) is 4.52. The number of rotatable bonds is 5. The van der Waals surface area contributed by atoms with Crippen molar-refractivity contribution in [3.63, 3.8) is 0 Å². The minimum atomic E-state index is -2.91. The molecule has 0 bridgehead atoms. The van der Waals surface area contributed by atoms with Crippen molar-refractivity contribution in [2.75, 3.05) is 22.1 Å². The number of aromatic nitrogens is 2. The van der Waals surface area contributed by atoms with Crippen LogP contribution in [-0.2, 0) is 16.4 Å². The smallest absolute Gasteiger partial charge is 0.152 e. The van der Waals surface area contributed by atoms with Gasteiger partial charge >= 0.3 is 0 Å². The molecule has 0 spiro atoms. The number of hydrogen-bond acceptors (Lipinski definition) is 6. The lowest BCUT2D eigenvalue weighted by atomic mass is 10.1. The second kappa shape index (κ2) is 6.76. The third kappa shape index (κ3) is 4.23. The number of hydrogen-bond donors (Lipinski definition) is 2. The molecular weight excluding hydrogens is 324 g/mol. The van der Waals surface area contributed by atoms with Crippen LogP contribution in [0.25, 0.3) is 0 Å². The second-order valence-electron chi connectivity index (χ2n) is 6.21. The molecule has 0 amide bonds. The Morgan fingerprint density at radius 2 is 1.92 bits per heavy atom. The average molecular weight is 346 g/mol. The van der Waals surface area contributed by atoms with Crippen LogP contribution in [0.2, 0.25) is 0 Å². The van der Waals surface area contributed by atoms with Gasteiger partial charge in [0.1, 0.15) is 17.5 Å². The zero-order chi connectivity index (χ0) is 17.2. The normalized spacial score (nSPS) is 19.2. The van der Waals surface area contributed by atoms with Gasteiger partial charge in [0.25, 0.3) is 0 Å². The maximum atomic E-state index is 11.6. The molecule has 1 aliphatic rings. The highest BCUT2D eigenvalue weighted by Crippen LogP contribution is 2.19. The van der Waals surface area contributed by atoms with Crippen LogP contribution >= 0.6 is 0 Å². The fourth-order valence-electron chi connectivity index (χ4n) is 2.84. The highest BCUT2D eigenvalue weighted by Gasteiger charge is 2.28.